The van der Waals surface area contributed by atoms with Gasteiger partial charge in [-0.15, -0.1) is 0 Å². The van der Waals surface area contributed by atoms with Crippen LogP contribution < -0.4 is 0 Å². The fraction of sp³-hybridized carbons (Fsp3) is 0.500. The molecule has 0 nitrogen and oxygen atoms in total. The zero-order valence-electron chi connectivity index (χ0n) is 12.9. The summed E-state index contributed by atoms with van der Waals surface area (Å²) in [6.45, 7) is 12.7. The third-order valence-corrected chi connectivity index (χ3v) is 2.94. The van der Waals surface area contributed by atoms with Gasteiger partial charge in [0.05, 0.1) is 0 Å². The highest BCUT2D eigenvalue weighted by Crippen LogP contribution is 2.20. The summed E-state index contributed by atoms with van der Waals surface area (Å²) in [7, 11) is 0. The number of allylic oxidation sites excluding steroid dienone is 4. The average Bonchev–Trinajstić information content (AvgIpc) is 2.46. The number of aryl methyl sites for hydroxylation is 1. The van der Waals surface area contributed by atoms with Crippen molar-refractivity contribution in [3.05, 3.63) is 53.1 Å². The number of benzene rings is 1. The second kappa shape index (κ2) is 14.1. The van der Waals surface area contributed by atoms with Crippen molar-refractivity contribution < 1.29 is 0 Å². The molecule has 0 saturated heterocycles. The lowest BCUT2D eigenvalue weighted by Crippen LogP contribution is -1.86. The van der Waals surface area contributed by atoms with Gasteiger partial charge in [-0.25, -0.2) is 0 Å². The quantitative estimate of drug-likeness (QED) is 0.506. The molecule has 0 aliphatic rings. The molecule has 0 spiro atoms. The van der Waals surface area contributed by atoms with Gasteiger partial charge in [0.15, 0.2) is 0 Å². The van der Waals surface area contributed by atoms with E-state index in [-0.39, 0.29) is 14.9 Å². The molecule has 0 saturated carbocycles. The van der Waals surface area contributed by atoms with Gasteiger partial charge in [0.2, 0.25) is 0 Å². The summed E-state index contributed by atoms with van der Waals surface area (Å²) < 4.78 is 0. The summed E-state index contributed by atoms with van der Waals surface area (Å²) in [5.41, 5.74) is 5.48. The monoisotopic (exact) mass is 276 g/mol. The number of hydrogen-bond donors (Lipinski definition) is 0. The predicted octanol–water partition coefficient (Wildman–Crippen LogP) is 7.31. The van der Waals surface area contributed by atoms with Crippen LogP contribution in [0.2, 0.25) is 0 Å². The van der Waals surface area contributed by atoms with E-state index in [9.17, 15) is 0 Å². The highest BCUT2D eigenvalue weighted by molar-refractivity contribution is 5.74. The van der Waals surface area contributed by atoms with Gasteiger partial charge in [-0.05, 0) is 43.4 Å². The molecule has 20 heavy (non-hydrogen) atoms. The second-order valence-electron chi connectivity index (χ2n) is 4.14. The van der Waals surface area contributed by atoms with Gasteiger partial charge >= 0.3 is 0 Å². The minimum Gasteiger partial charge on any atom is -0.0798 e. The van der Waals surface area contributed by atoms with Gasteiger partial charge in [0.1, 0.15) is 0 Å². The van der Waals surface area contributed by atoms with Gasteiger partial charge in [-0.1, -0.05) is 84.5 Å². The minimum atomic E-state index is 0. The molecule has 0 fully saturated rings. The van der Waals surface area contributed by atoms with Crippen LogP contribution in [0.1, 0.15) is 73.9 Å². The van der Waals surface area contributed by atoms with E-state index in [0.29, 0.717) is 0 Å². The average molecular weight is 277 g/mol. The van der Waals surface area contributed by atoms with E-state index in [2.05, 4.69) is 64.1 Å². The topological polar surface area (TPSA) is 0 Å². The van der Waals surface area contributed by atoms with Crippen LogP contribution in [-0.2, 0) is 6.42 Å². The van der Waals surface area contributed by atoms with Crippen molar-refractivity contribution in [1.29, 1.82) is 0 Å². The Morgan fingerprint density at radius 3 is 2.15 bits per heavy atom. The van der Waals surface area contributed by atoms with E-state index >= 15 is 0 Å². The maximum Gasteiger partial charge on any atom is -0.0185 e. The van der Waals surface area contributed by atoms with Crippen molar-refractivity contribution in [3.63, 3.8) is 0 Å². The smallest absolute Gasteiger partial charge is 0.0185 e. The Morgan fingerprint density at radius 1 is 1.10 bits per heavy atom. The van der Waals surface area contributed by atoms with Crippen LogP contribution in [0.4, 0.5) is 0 Å². The maximum atomic E-state index is 2.29. The minimum absolute atomic E-state index is 0. The molecule has 0 N–H and O–H groups in total. The SMILES string of the molecule is C.C.C/C=C(\C=C(/C)CC)c1cccc(CC)c1.CC. The Bertz CT molecular complexity index is 394. The first-order chi connectivity index (χ1) is 8.71. The summed E-state index contributed by atoms with van der Waals surface area (Å²) in [5, 5.41) is 0. The van der Waals surface area contributed by atoms with Crippen LogP contribution in [0.5, 0.6) is 0 Å². The largest absolute Gasteiger partial charge is 0.0798 e. The van der Waals surface area contributed by atoms with Crippen molar-refractivity contribution in [2.24, 2.45) is 0 Å². The standard InChI is InChI=1S/C16H22.C2H6.2CH4/c1-5-13(4)11-15(7-3)16-10-8-9-14(6-2)12-16;1-2;;/h7-12H,5-6H2,1-4H3;1-2H3;2*1H4/b13-11+,15-7+;;;. The first kappa shape index (κ1) is 23.8. The Hall–Kier alpha value is -1.30. The molecule has 0 aliphatic heterocycles. The molecule has 1 aromatic carbocycles. The summed E-state index contributed by atoms with van der Waals surface area (Å²) in [6.07, 6.45) is 6.69. The number of hydrogen-bond acceptors (Lipinski definition) is 0. The van der Waals surface area contributed by atoms with Crippen LogP contribution in [0.15, 0.2) is 42.0 Å². The van der Waals surface area contributed by atoms with Crippen LogP contribution in [-0.4, -0.2) is 0 Å². The molecule has 0 bridgehead atoms. The van der Waals surface area contributed by atoms with E-state index < -0.39 is 0 Å². The molecule has 0 heterocycles. The third-order valence-electron chi connectivity index (χ3n) is 2.94. The fourth-order valence-electron chi connectivity index (χ4n) is 1.67. The molecule has 1 aromatic rings. The Morgan fingerprint density at radius 2 is 1.70 bits per heavy atom. The van der Waals surface area contributed by atoms with Crippen molar-refractivity contribution in [2.75, 3.05) is 0 Å². The second-order valence-corrected chi connectivity index (χ2v) is 4.14. The third kappa shape index (κ3) is 7.99. The molecule has 0 amide bonds. The molecule has 0 aliphatic carbocycles. The van der Waals surface area contributed by atoms with E-state index in [1.165, 1.54) is 22.3 Å². The van der Waals surface area contributed by atoms with E-state index in [4.69, 9.17) is 0 Å². The van der Waals surface area contributed by atoms with Crippen LogP contribution >= 0.6 is 0 Å². The lowest BCUT2D eigenvalue weighted by Gasteiger charge is -2.06. The summed E-state index contributed by atoms with van der Waals surface area (Å²) >= 11 is 0. The van der Waals surface area contributed by atoms with Crippen molar-refractivity contribution in [2.45, 2.75) is 69.2 Å². The fourth-order valence-corrected chi connectivity index (χ4v) is 1.67. The molecule has 0 atom stereocenters. The first-order valence-corrected chi connectivity index (χ1v) is 7.14. The first-order valence-electron chi connectivity index (χ1n) is 7.14. The van der Waals surface area contributed by atoms with E-state index in [1.807, 2.05) is 13.8 Å². The van der Waals surface area contributed by atoms with Crippen LogP contribution in [0.25, 0.3) is 5.57 Å². The molecular formula is C20H36. The highest BCUT2D eigenvalue weighted by atomic mass is 14.0. The molecule has 1 rings (SSSR count). The van der Waals surface area contributed by atoms with Crippen molar-refractivity contribution in [3.8, 4) is 0 Å². The molecule has 0 aromatic heterocycles. The summed E-state index contributed by atoms with van der Waals surface area (Å²) in [6, 6.07) is 8.81. The molecular weight excluding hydrogens is 240 g/mol. The molecule has 0 radical (unpaired) electrons. The van der Waals surface area contributed by atoms with Gasteiger partial charge in [0, 0.05) is 0 Å². The van der Waals surface area contributed by atoms with Crippen LogP contribution in [0, 0.1) is 0 Å². The lowest BCUT2D eigenvalue weighted by molar-refractivity contribution is 1.10. The van der Waals surface area contributed by atoms with Crippen molar-refractivity contribution in [1.82, 2.24) is 0 Å². The van der Waals surface area contributed by atoms with Gasteiger partial charge < -0.3 is 0 Å². The van der Waals surface area contributed by atoms with Crippen LogP contribution in [0.3, 0.4) is 0 Å². The number of rotatable bonds is 4. The molecule has 0 unspecified atom stereocenters. The van der Waals surface area contributed by atoms with E-state index in [0.717, 1.165) is 12.8 Å². The predicted molar refractivity (Wildman–Crippen MR) is 98.3 cm³/mol. The Labute approximate surface area is 128 Å². The van der Waals surface area contributed by atoms with Gasteiger partial charge in [-0.3, -0.25) is 0 Å². The maximum absolute atomic E-state index is 2.29. The molecule has 116 valence electrons. The highest BCUT2D eigenvalue weighted by Gasteiger charge is 1.99. The normalized spacial score (nSPS) is 10.7. The zero-order valence-corrected chi connectivity index (χ0v) is 12.9. The summed E-state index contributed by atoms with van der Waals surface area (Å²) in [5.74, 6) is 0. The Balaban J connectivity index is -0.000000689. The Kier molecular flexibility index (Phi) is 16.8. The van der Waals surface area contributed by atoms with Gasteiger partial charge in [-0.2, -0.15) is 0 Å². The summed E-state index contributed by atoms with van der Waals surface area (Å²) in [4.78, 5) is 0. The van der Waals surface area contributed by atoms with Crippen molar-refractivity contribution >= 4 is 5.57 Å². The van der Waals surface area contributed by atoms with Gasteiger partial charge in [0.25, 0.3) is 0 Å². The van der Waals surface area contributed by atoms with E-state index in [1.54, 1.807) is 0 Å². The lowest BCUT2D eigenvalue weighted by atomic mass is 9.99. The zero-order chi connectivity index (χ0) is 14.0. The molecule has 0 heteroatoms.